The van der Waals surface area contributed by atoms with Gasteiger partial charge in [-0.25, -0.2) is 27.1 Å². The highest BCUT2D eigenvalue weighted by molar-refractivity contribution is 7.92. The molecule has 0 aliphatic carbocycles. The summed E-state index contributed by atoms with van der Waals surface area (Å²) in [5.41, 5.74) is 2.17. The molecular weight excluding hydrogens is 341 g/mol. The Kier molecular flexibility index (Phi) is 4.99. The second-order valence-corrected chi connectivity index (χ2v) is 8.84. The Labute approximate surface area is 148 Å². The van der Waals surface area contributed by atoms with E-state index in [4.69, 9.17) is 0 Å². The van der Waals surface area contributed by atoms with E-state index in [9.17, 15) is 12.8 Å². The van der Waals surface area contributed by atoms with Crippen LogP contribution in [0, 0.1) is 5.82 Å². The van der Waals surface area contributed by atoms with E-state index >= 15 is 0 Å². The van der Waals surface area contributed by atoms with E-state index in [-0.39, 0.29) is 17.2 Å². The van der Waals surface area contributed by atoms with Crippen LogP contribution in [0.3, 0.4) is 0 Å². The molecule has 2 aromatic rings. The van der Waals surface area contributed by atoms with Crippen molar-refractivity contribution in [1.29, 1.82) is 0 Å². The Hall–Kier alpha value is -2.28. The first-order valence-corrected chi connectivity index (χ1v) is 9.54. The average Bonchev–Trinajstić information content (AvgIpc) is 2.52. The third kappa shape index (κ3) is 4.04. The van der Waals surface area contributed by atoms with Gasteiger partial charge in [-0.3, -0.25) is 0 Å². The number of hydrogen-bond acceptors (Lipinski definition) is 4. The Bertz CT molecular complexity index is 901. The highest BCUT2D eigenvalue weighted by atomic mass is 32.2. The van der Waals surface area contributed by atoms with Gasteiger partial charge in [-0.1, -0.05) is 33.4 Å². The molecule has 0 bridgehead atoms. The minimum absolute atomic E-state index is 0.0670. The molecule has 0 unspecified atom stereocenters. The van der Waals surface area contributed by atoms with Crippen molar-refractivity contribution in [2.24, 2.45) is 0 Å². The molecule has 0 N–H and O–H groups in total. The summed E-state index contributed by atoms with van der Waals surface area (Å²) in [6.45, 7) is 9.77. The lowest BCUT2D eigenvalue weighted by atomic mass is 9.87. The van der Waals surface area contributed by atoms with Crippen molar-refractivity contribution in [2.75, 3.05) is 17.6 Å². The quantitative estimate of drug-likeness (QED) is 0.832. The maximum atomic E-state index is 13.3. The summed E-state index contributed by atoms with van der Waals surface area (Å²) < 4.78 is 38.1. The van der Waals surface area contributed by atoms with Crippen LogP contribution >= 0.6 is 0 Å². The average molecular weight is 363 g/mol. The Morgan fingerprint density at radius 1 is 1.16 bits per heavy atom. The van der Waals surface area contributed by atoms with Crippen LogP contribution in [0.15, 0.2) is 30.8 Å². The van der Waals surface area contributed by atoms with E-state index < -0.39 is 10.0 Å². The first-order valence-electron chi connectivity index (χ1n) is 7.70. The lowest BCUT2D eigenvalue weighted by Crippen LogP contribution is -2.29. The largest absolute Gasteiger partial charge is 0.241 e. The molecule has 2 rings (SSSR count). The highest BCUT2D eigenvalue weighted by Crippen LogP contribution is 2.33. The van der Waals surface area contributed by atoms with Gasteiger partial charge in [-0.15, -0.1) is 0 Å². The van der Waals surface area contributed by atoms with Gasteiger partial charge in [0.2, 0.25) is 16.0 Å². The number of hydrogen-bond donors (Lipinski definition) is 0. The van der Waals surface area contributed by atoms with Crippen molar-refractivity contribution < 1.29 is 12.8 Å². The van der Waals surface area contributed by atoms with Crippen LogP contribution in [0.25, 0.3) is 17.3 Å². The molecule has 0 fully saturated rings. The molecule has 0 amide bonds. The SMILES string of the molecule is C=Cc1c(-c2ccc(F)cc2)nc(N(C)S(C)(=O)=O)nc1C(C)(C)C. The minimum Gasteiger partial charge on any atom is -0.241 e. The van der Waals surface area contributed by atoms with Crippen molar-refractivity contribution in [1.82, 2.24) is 9.97 Å². The van der Waals surface area contributed by atoms with Gasteiger partial charge < -0.3 is 0 Å². The molecule has 134 valence electrons. The maximum absolute atomic E-state index is 13.3. The van der Waals surface area contributed by atoms with Crippen molar-refractivity contribution in [3.63, 3.8) is 0 Å². The summed E-state index contributed by atoms with van der Waals surface area (Å²) in [5, 5.41) is 0. The number of sulfonamides is 1. The predicted octanol–water partition coefficient (Wildman–Crippen LogP) is 3.62. The van der Waals surface area contributed by atoms with Gasteiger partial charge in [0.05, 0.1) is 17.6 Å². The van der Waals surface area contributed by atoms with Gasteiger partial charge in [-0.05, 0) is 24.3 Å². The van der Waals surface area contributed by atoms with Crippen LogP contribution in [-0.4, -0.2) is 31.7 Å². The Morgan fingerprint density at radius 3 is 2.16 bits per heavy atom. The zero-order chi connectivity index (χ0) is 19.0. The van der Waals surface area contributed by atoms with Crippen LogP contribution in [0.1, 0.15) is 32.0 Å². The van der Waals surface area contributed by atoms with Gasteiger partial charge in [0.15, 0.2) is 0 Å². The molecule has 5 nitrogen and oxygen atoms in total. The first-order chi connectivity index (χ1) is 11.4. The van der Waals surface area contributed by atoms with Gasteiger partial charge in [-0.2, -0.15) is 0 Å². The number of nitrogens with zero attached hydrogens (tertiary/aromatic N) is 3. The molecule has 0 saturated carbocycles. The molecule has 0 spiro atoms. The molecule has 1 heterocycles. The number of benzene rings is 1. The van der Waals surface area contributed by atoms with Gasteiger partial charge >= 0.3 is 0 Å². The third-order valence-electron chi connectivity index (χ3n) is 3.75. The van der Waals surface area contributed by atoms with Crippen LogP contribution in [0.2, 0.25) is 0 Å². The molecule has 1 aromatic heterocycles. The molecule has 0 radical (unpaired) electrons. The Balaban J connectivity index is 2.84. The van der Waals surface area contributed by atoms with Gasteiger partial charge in [0, 0.05) is 23.6 Å². The fraction of sp³-hybridized carbons (Fsp3) is 0.333. The molecule has 0 saturated heterocycles. The molecule has 0 aliphatic rings. The molecule has 0 aliphatic heterocycles. The van der Waals surface area contributed by atoms with Crippen LogP contribution in [0.4, 0.5) is 10.3 Å². The fourth-order valence-electron chi connectivity index (χ4n) is 2.34. The van der Waals surface area contributed by atoms with Crippen LogP contribution < -0.4 is 4.31 Å². The lowest BCUT2D eigenvalue weighted by Gasteiger charge is -2.25. The van der Waals surface area contributed by atoms with E-state index in [0.717, 1.165) is 10.6 Å². The van der Waals surface area contributed by atoms with Gasteiger partial charge in [0.1, 0.15) is 5.82 Å². The number of aromatic nitrogens is 2. The molecule has 7 heteroatoms. The van der Waals surface area contributed by atoms with Gasteiger partial charge in [0.25, 0.3) is 0 Å². The summed E-state index contributed by atoms with van der Waals surface area (Å²) in [4.78, 5) is 8.90. The maximum Gasteiger partial charge on any atom is 0.239 e. The van der Waals surface area contributed by atoms with Crippen molar-refractivity contribution in [3.05, 3.63) is 47.9 Å². The smallest absolute Gasteiger partial charge is 0.239 e. The second kappa shape index (κ2) is 6.55. The molecule has 25 heavy (non-hydrogen) atoms. The van der Waals surface area contributed by atoms with Crippen molar-refractivity contribution in [2.45, 2.75) is 26.2 Å². The van der Waals surface area contributed by atoms with Crippen molar-refractivity contribution >= 4 is 22.0 Å². The number of rotatable bonds is 4. The van der Waals surface area contributed by atoms with E-state index in [1.54, 1.807) is 18.2 Å². The number of anilines is 1. The Morgan fingerprint density at radius 2 is 1.72 bits per heavy atom. The highest BCUT2D eigenvalue weighted by Gasteiger charge is 2.26. The summed E-state index contributed by atoms with van der Waals surface area (Å²) in [6.07, 6.45) is 2.73. The molecule has 0 atom stereocenters. The lowest BCUT2D eigenvalue weighted by molar-refractivity contribution is 0.565. The first kappa shape index (κ1) is 19.1. The molecule has 1 aromatic carbocycles. The van der Waals surface area contributed by atoms with E-state index in [0.29, 0.717) is 22.5 Å². The van der Waals surface area contributed by atoms with E-state index in [1.807, 2.05) is 20.8 Å². The molecular formula is C18H22FN3O2S. The summed E-state index contributed by atoms with van der Waals surface area (Å²) in [5.74, 6) is -0.292. The summed E-state index contributed by atoms with van der Waals surface area (Å²) >= 11 is 0. The third-order valence-corrected chi connectivity index (χ3v) is 4.90. The fourth-order valence-corrected chi connectivity index (χ4v) is 2.72. The second-order valence-electron chi connectivity index (χ2n) is 6.83. The number of halogens is 1. The minimum atomic E-state index is -3.52. The predicted molar refractivity (Wildman–Crippen MR) is 99.5 cm³/mol. The van der Waals surface area contributed by atoms with Crippen LogP contribution in [0.5, 0.6) is 0 Å². The zero-order valence-corrected chi connectivity index (χ0v) is 15.9. The van der Waals surface area contributed by atoms with E-state index in [2.05, 4.69) is 16.5 Å². The van der Waals surface area contributed by atoms with E-state index in [1.165, 1.54) is 19.2 Å². The summed E-state index contributed by atoms with van der Waals surface area (Å²) in [6, 6.07) is 5.87. The normalized spacial score (nSPS) is 12.1. The summed E-state index contributed by atoms with van der Waals surface area (Å²) in [7, 11) is -2.12. The topological polar surface area (TPSA) is 63.2 Å². The van der Waals surface area contributed by atoms with Crippen LogP contribution in [-0.2, 0) is 15.4 Å². The van der Waals surface area contributed by atoms with Crippen molar-refractivity contribution in [3.8, 4) is 11.3 Å². The standard InChI is InChI=1S/C18H22FN3O2S/c1-7-14-15(12-8-10-13(19)11-9-12)20-17(22(5)25(6,23)24)21-16(14)18(2,3)4/h7-11H,1H2,2-6H3. The monoisotopic (exact) mass is 363 g/mol. The zero-order valence-electron chi connectivity index (χ0n) is 15.0.